The maximum absolute atomic E-state index is 12.8. The molecule has 0 aliphatic carbocycles. The standard InChI is InChI=1S/C18H27N3O5S2/c19-17(22)13-26-15-1-3-16(4-2-15)28(23,24)20-14-18(5-11-27-12-6-18)21-7-9-25-10-8-21/h1-4,20H,5-14H2,(H2,19,22). The molecule has 0 unspecified atom stereocenters. The molecule has 2 aliphatic heterocycles. The quantitative estimate of drug-likeness (QED) is 0.616. The second-order valence-electron chi connectivity index (χ2n) is 6.99. The van der Waals surface area contributed by atoms with Crippen LogP contribution in [-0.2, 0) is 19.6 Å². The highest BCUT2D eigenvalue weighted by atomic mass is 32.2. The lowest BCUT2D eigenvalue weighted by Gasteiger charge is -2.48. The van der Waals surface area contributed by atoms with Gasteiger partial charge in [-0.3, -0.25) is 9.69 Å². The third kappa shape index (κ3) is 5.38. The van der Waals surface area contributed by atoms with Crippen LogP contribution in [0.1, 0.15) is 12.8 Å². The Morgan fingerprint density at radius 1 is 1.21 bits per heavy atom. The fourth-order valence-electron chi connectivity index (χ4n) is 3.58. The number of sulfonamides is 1. The molecule has 0 aromatic heterocycles. The van der Waals surface area contributed by atoms with Crippen molar-refractivity contribution in [1.29, 1.82) is 0 Å². The molecular formula is C18H27N3O5S2. The Balaban J connectivity index is 1.67. The minimum atomic E-state index is -3.65. The molecule has 10 heteroatoms. The smallest absolute Gasteiger partial charge is 0.255 e. The maximum atomic E-state index is 12.8. The van der Waals surface area contributed by atoms with E-state index in [2.05, 4.69) is 9.62 Å². The highest BCUT2D eigenvalue weighted by Gasteiger charge is 2.39. The van der Waals surface area contributed by atoms with E-state index in [1.807, 2.05) is 11.8 Å². The van der Waals surface area contributed by atoms with Crippen LogP contribution >= 0.6 is 11.8 Å². The lowest BCUT2D eigenvalue weighted by atomic mass is 9.89. The third-order valence-electron chi connectivity index (χ3n) is 5.21. The zero-order chi connectivity index (χ0) is 20.0. The number of hydrogen-bond acceptors (Lipinski definition) is 7. The molecule has 1 amide bonds. The fourth-order valence-corrected chi connectivity index (χ4v) is 5.95. The van der Waals surface area contributed by atoms with E-state index in [9.17, 15) is 13.2 Å². The van der Waals surface area contributed by atoms with Gasteiger partial charge in [0.15, 0.2) is 6.61 Å². The normalized spacial score (nSPS) is 20.6. The van der Waals surface area contributed by atoms with Crippen molar-refractivity contribution in [3.05, 3.63) is 24.3 Å². The van der Waals surface area contributed by atoms with Gasteiger partial charge in [-0.2, -0.15) is 11.8 Å². The number of nitrogens with two attached hydrogens (primary N) is 1. The number of nitrogens with one attached hydrogen (secondary N) is 1. The lowest BCUT2D eigenvalue weighted by molar-refractivity contribution is -0.119. The van der Waals surface area contributed by atoms with Crippen LogP contribution in [0.5, 0.6) is 5.75 Å². The number of benzene rings is 1. The van der Waals surface area contributed by atoms with Crippen LogP contribution < -0.4 is 15.2 Å². The number of carbonyl (C=O) groups is 1. The van der Waals surface area contributed by atoms with Crippen molar-refractivity contribution in [2.45, 2.75) is 23.3 Å². The van der Waals surface area contributed by atoms with Crippen molar-refractivity contribution in [1.82, 2.24) is 9.62 Å². The van der Waals surface area contributed by atoms with E-state index in [4.69, 9.17) is 15.2 Å². The molecule has 3 rings (SSSR count). The van der Waals surface area contributed by atoms with Gasteiger partial charge < -0.3 is 15.2 Å². The Labute approximate surface area is 170 Å². The van der Waals surface area contributed by atoms with Crippen LogP contribution in [0.3, 0.4) is 0 Å². The van der Waals surface area contributed by atoms with Gasteiger partial charge in [-0.1, -0.05) is 0 Å². The Morgan fingerprint density at radius 2 is 1.86 bits per heavy atom. The molecule has 156 valence electrons. The molecule has 1 aromatic carbocycles. The van der Waals surface area contributed by atoms with Gasteiger partial charge in [0.2, 0.25) is 10.0 Å². The summed E-state index contributed by atoms with van der Waals surface area (Å²) in [6.45, 7) is 3.18. The summed E-state index contributed by atoms with van der Waals surface area (Å²) in [5.74, 6) is 1.87. The number of thioether (sulfide) groups is 1. The topological polar surface area (TPSA) is 111 Å². The Bertz CT molecular complexity index is 758. The molecule has 0 saturated carbocycles. The van der Waals surface area contributed by atoms with Crippen LogP contribution in [0.25, 0.3) is 0 Å². The van der Waals surface area contributed by atoms with Crippen molar-refractivity contribution in [3.8, 4) is 5.75 Å². The van der Waals surface area contributed by atoms with Crippen molar-refractivity contribution in [2.75, 3.05) is 51.0 Å². The van der Waals surface area contributed by atoms with E-state index in [0.717, 1.165) is 37.4 Å². The van der Waals surface area contributed by atoms with Crippen LogP contribution in [0.2, 0.25) is 0 Å². The molecule has 2 heterocycles. The van der Waals surface area contributed by atoms with E-state index in [1.165, 1.54) is 24.3 Å². The predicted octanol–water partition coefficient (Wildman–Crippen LogP) is 0.427. The van der Waals surface area contributed by atoms with Gasteiger partial charge in [0.1, 0.15) is 5.75 Å². The molecule has 2 saturated heterocycles. The first-order valence-corrected chi connectivity index (χ1v) is 12.0. The molecule has 28 heavy (non-hydrogen) atoms. The van der Waals surface area contributed by atoms with E-state index in [-0.39, 0.29) is 17.0 Å². The van der Waals surface area contributed by atoms with Crippen LogP contribution in [0, 0.1) is 0 Å². The molecule has 2 aliphatic rings. The first kappa shape index (κ1) is 21.4. The number of ether oxygens (including phenoxy) is 2. The second kappa shape index (κ2) is 9.45. The molecule has 0 spiro atoms. The predicted molar refractivity (Wildman–Crippen MR) is 108 cm³/mol. The summed E-state index contributed by atoms with van der Waals surface area (Å²) in [5.41, 5.74) is 4.88. The average molecular weight is 430 g/mol. The molecule has 1 aromatic rings. The van der Waals surface area contributed by atoms with E-state index in [0.29, 0.717) is 25.5 Å². The first-order chi connectivity index (χ1) is 13.4. The molecule has 0 radical (unpaired) electrons. The van der Waals surface area contributed by atoms with Crippen LogP contribution in [-0.4, -0.2) is 75.7 Å². The lowest BCUT2D eigenvalue weighted by Crippen LogP contribution is -2.60. The molecule has 8 nitrogen and oxygen atoms in total. The summed E-state index contributed by atoms with van der Waals surface area (Å²) in [5, 5.41) is 0. The number of morpholine rings is 1. The maximum Gasteiger partial charge on any atom is 0.255 e. The van der Waals surface area contributed by atoms with Gasteiger partial charge in [0.05, 0.1) is 18.1 Å². The molecule has 3 N–H and O–H groups in total. The van der Waals surface area contributed by atoms with Crippen LogP contribution in [0.15, 0.2) is 29.2 Å². The van der Waals surface area contributed by atoms with Crippen molar-refractivity contribution in [2.24, 2.45) is 5.73 Å². The number of rotatable bonds is 8. The summed E-state index contributed by atoms with van der Waals surface area (Å²) in [6, 6.07) is 5.98. The van der Waals surface area contributed by atoms with Gasteiger partial charge >= 0.3 is 0 Å². The Kier molecular flexibility index (Phi) is 7.21. The van der Waals surface area contributed by atoms with Crippen molar-refractivity contribution >= 4 is 27.7 Å². The Hall–Kier alpha value is -1.33. The van der Waals surface area contributed by atoms with Crippen molar-refractivity contribution in [3.63, 3.8) is 0 Å². The summed E-state index contributed by atoms with van der Waals surface area (Å²) < 4.78 is 39.1. The van der Waals surface area contributed by atoms with Gasteiger partial charge in [0.25, 0.3) is 5.91 Å². The van der Waals surface area contributed by atoms with E-state index < -0.39 is 15.9 Å². The molecule has 2 fully saturated rings. The highest BCUT2D eigenvalue weighted by molar-refractivity contribution is 7.99. The minimum Gasteiger partial charge on any atom is -0.484 e. The largest absolute Gasteiger partial charge is 0.484 e. The zero-order valence-electron chi connectivity index (χ0n) is 15.8. The van der Waals surface area contributed by atoms with Crippen molar-refractivity contribution < 1.29 is 22.7 Å². The van der Waals surface area contributed by atoms with Gasteiger partial charge in [-0.25, -0.2) is 13.1 Å². The first-order valence-electron chi connectivity index (χ1n) is 9.33. The SMILES string of the molecule is NC(=O)COc1ccc(S(=O)(=O)NCC2(N3CCOCC3)CCSCC2)cc1. The molecular weight excluding hydrogens is 402 g/mol. The minimum absolute atomic E-state index is 0.160. The van der Waals surface area contributed by atoms with Gasteiger partial charge in [-0.15, -0.1) is 0 Å². The summed E-state index contributed by atoms with van der Waals surface area (Å²) in [7, 11) is -3.65. The summed E-state index contributed by atoms with van der Waals surface area (Å²) in [6.07, 6.45) is 1.92. The number of primary amides is 1. The van der Waals surface area contributed by atoms with Crippen LogP contribution in [0.4, 0.5) is 0 Å². The monoisotopic (exact) mass is 429 g/mol. The van der Waals surface area contributed by atoms with Gasteiger partial charge in [0, 0.05) is 25.2 Å². The summed E-state index contributed by atoms with van der Waals surface area (Å²) >= 11 is 1.92. The average Bonchev–Trinajstić information content (AvgIpc) is 2.72. The number of hydrogen-bond donors (Lipinski definition) is 2. The second-order valence-corrected chi connectivity index (χ2v) is 9.98. The number of amides is 1. The molecule has 0 bridgehead atoms. The third-order valence-corrected chi connectivity index (χ3v) is 7.61. The summed E-state index contributed by atoms with van der Waals surface area (Å²) in [4.78, 5) is 13.3. The number of nitrogens with zero attached hydrogens (tertiary/aromatic N) is 1. The Morgan fingerprint density at radius 3 is 2.46 bits per heavy atom. The van der Waals surface area contributed by atoms with E-state index >= 15 is 0 Å². The van der Waals surface area contributed by atoms with E-state index in [1.54, 1.807) is 0 Å². The fraction of sp³-hybridized carbons (Fsp3) is 0.611. The highest BCUT2D eigenvalue weighted by Crippen LogP contribution is 2.33. The zero-order valence-corrected chi connectivity index (χ0v) is 17.4. The molecule has 0 atom stereocenters. The number of carbonyl (C=O) groups excluding carboxylic acids is 1. The van der Waals surface area contributed by atoms with Gasteiger partial charge in [-0.05, 0) is 48.6 Å².